The Morgan fingerprint density at radius 2 is 1.88 bits per heavy atom. The molecule has 0 aliphatic heterocycles. The lowest BCUT2D eigenvalue weighted by Gasteiger charge is -2.11. The van der Waals surface area contributed by atoms with Crippen molar-refractivity contribution in [1.29, 1.82) is 0 Å². The van der Waals surface area contributed by atoms with E-state index in [0.717, 1.165) is 22.4 Å². The van der Waals surface area contributed by atoms with Gasteiger partial charge in [-0.1, -0.05) is 64.6 Å². The molecule has 0 aliphatic carbocycles. The van der Waals surface area contributed by atoms with E-state index in [-0.39, 0.29) is 16.5 Å². The van der Waals surface area contributed by atoms with Gasteiger partial charge < -0.3 is 9.72 Å². The number of imidazole rings is 1. The Balaban J connectivity index is 0.00000121. The molecule has 0 aliphatic rings. The zero-order chi connectivity index (χ0) is 24.3. The SMILES string of the molecule is C=C/C=C(\C=C)OC(=O)Nc1cc(Cl)c(-c2ccc3nc(C)[nH]c3c2)cc1F.CC.CC. The van der Waals surface area contributed by atoms with Crippen LogP contribution in [0.15, 0.2) is 67.5 Å². The highest BCUT2D eigenvalue weighted by Gasteiger charge is 2.14. The predicted octanol–water partition coefficient (Wildman–Crippen LogP) is 8.19. The molecule has 1 amide bonds. The lowest BCUT2D eigenvalue weighted by atomic mass is 10.0. The van der Waals surface area contributed by atoms with Gasteiger partial charge in [0.1, 0.15) is 17.4 Å². The minimum atomic E-state index is -0.870. The molecule has 1 aromatic heterocycles. The number of hydrogen-bond donors (Lipinski definition) is 2. The number of aromatic amines is 1. The van der Waals surface area contributed by atoms with E-state index in [4.69, 9.17) is 16.3 Å². The number of aromatic nitrogens is 2. The average molecular weight is 458 g/mol. The van der Waals surface area contributed by atoms with Crippen LogP contribution in [0.1, 0.15) is 33.5 Å². The van der Waals surface area contributed by atoms with E-state index in [1.54, 1.807) is 6.07 Å². The molecule has 7 heteroatoms. The molecule has 32 heavy (non-hydrogen) atoms. The minimum absolute atomic E-state index is 0.0979. The quantitative estimate of drug-likeness (QED) is 0.299. The second-order valence-corrected chi connectivity index (χ2v) is 6.30. The number of halogens is 2. The van der Waals surface area contributed by atoms with Crippen LogP contribution in [-0.2, 0) is 4.74 Å². The zero-order valence-corrected chi connectivity index (χ0v) is 19.8. The fraction of sp³-hybridized carbons (Fsp3) is 0.200. The number of carbonyl (C=O) groups is 1. The van der Waals surface area contributed by atoms with Gasteiger partial charge in [-0.15, -0.1) is 0 Å². The van der Waals surface area contributed by atoms with Crippen LogP contribution in [-0.4, -0.2) is 16.1 Å². The normalized spacial score (nSPS) is 10.3. The summed E-state index contributed by atoms with van der Waals surface area (Å²) in [6, 6.07) is 8.07. The lowest BCUT2D eigenvalue weighted by molar-refractivity contribution is 0.194. The van der Waals surface area contributed by atoms with Crippen molar-refractivity contribution in [1.82, 2.24) is 9.97 Å². The number of allylic oxidation sites excluding steroid dienone is 3. The van der Waals surface area contributed by atoms with Crippen molar-refractivity contribution < 1.29 is 13.9 Å². The molecule has 1 heterocycles. The molecule has 0 bridgehead atoms. The molecule has 0 fully saturated rings. The number of anilines is 1. The van der Waals surface area contributed by atoms with Gasteiger partial charge in [0.15, 0.2) is 0 Å². The van der Waals surface area contributed by atoms with E-state index < -0.39 is 11.9 Å². The topological polar surface area (TPSA) is 67.0 Å². The van der Waals surface area contributed by atoms with Crippen molar-refractivity contribution in [3.05, 3.63) is 84.1 Å². The van der Waals surface area contributed by atoms with Crippen LogP contribution in [0.3, 0.4) is 0 Å². The number of nitrogens with zero attached hydrogens (tertiary/aromatic N) is 1. The third-order valence-corrected chi connectivity index (χ3v) is 4.21. The highest BCUT2D eigenvalue weighted by Crippen LogP contribution is 2.33. The van der Waals surface area contributed by atoms with Crippen molar-refractivity contribution in [3.8, 4) is 11.1 Å². The van der Waals surface area contributed by atoms with E-state index in [9.17, 15) is 9.18 Å². The molecule has 5 nitrogen and oxygen atoms in total. The molecule has 3 aromatic rings. The van der Waals surface area contributed by atoms with Gasteiger partial charge in [0, 0.05) is 5.56 Å². The maximum Gasteiger partial charge on any atom is 0.417 e. The Bertz CT molecular complexity index is 1120. The number of fused-ring (bicyclic) bond motifs is 1. The summed E-state index contributed by atoms with van der Waals surface area (Å²) in [5, 5.41) is 2.60. The maximum absolute atomic E-state index is 14.6. The Morgan fingerprint density at radius 1 is 1.19 bits per heavy atom. The molecule has 0 saturated carbocycles. The van der Waals surface area contributed by atoms with Crippen molar-refractivity contribution in [2.45, 2.75) is 34.6 Å². The Morgan fingerprint density at radius 3 is 2.50 bits per heavy atom. The number of amides is 1. The second-order valence-electron chi connectivity index (χ2n) is 5.89. The standard InChI is InChI=1S/C21H17ClFN3O2.2C2H6/c1-4-6-14(5-2)28-21(27)26-19-11-16(22)15(10-17(19)23)13-7-8-18-20(9-13)25-12(3)24-18;2*1-2/h4-11H,1-2H2,3H3,(H,24,25)(H,26,27);2*1-2H3/b14-6+;;. The molecule has 3 rings (SSSR count). The van der Waals surface area contributed by atoms with Crippen LogP contribution in [0.4, 0.5) is 14.9 Å². The molecule has 170 valence electrons. The fourth-order valence-electron chi connectivity index (χ4n) is 2.67. The van der Waals surface area contributed by atoms with Crippen LogP contribution in [0.2, 0.25) is 5.02 Å². The van der Waals surface area contributed by atoms with E-state index in [2.05, 4.69) is 28.4 Å². The first-order valence-corrected chi connectivity index (χ1v) is 10.7. The van der Waals surface area contributed by atoms with E-state index in [0.29, 0.717) is 5.56 Å². The summed E-state index contributed by atoms with van der Waals surface area (Å²) in [6.45, 7) is 16.9. The van der Waals surface area contributed by atoms with Crippen molar-refractivity contribution in [3.63, 3.8) is 0 Å². The summed E-state index contributed by atoms with van der Waals surface area (Å²) in [5.41, 5.74) is 2.74. The number of carbonyl (C=O) groups excluding carboxylic acids is 1. The summed E-state index contributed by atoms with van der Waals surface area (Å²) >= 11 is 6.33. The van der Waals surface area contributed by atoms with Crippen LogP contribution in [0.5, 0.6) is 0 Å². The monoisotopic (exact) mass is 457 g/mol. The van der Waals surface area contributed by atoms with Crippen molar-refractivity contribution >= 4 is 34.4 Å². The van der Waals surface area contributed by atoms with Gasteiger partial charge in [-0.3, -0.25) is 5.32 Å². The maximum atomic E-state index is 14.6. The molecule has 0 radical (unpaired) electrons. The first kappa shape index (κ1) is 26.7. The number of ether oxygens (including phenoxy) is 1. The first-order valence-electron chi connectivity index (χ1n) is 10.3. The highest BCUT2D eigenvalue weighted by atomic mass is 35.5. The van der Waals surface area contributed by atoms with Crippen molar-refractivity contribution in [2.75, 3.05) is 5.32 Å². The smallest absolute Gasteiger partial charge is 0.410 e. The number of aryl methyl sites for hydroxylation is 1. The van der Waals surface area contributed by atoms with Crippen LogP contribution < -0.4 is 5.32 Å². The molecular formula is C25H29ClFN3O2. The van der Waals surface area contributed by atoms with Crippen LogP contribution in [0, 0.1) is 12.7 Å². The first-order chi connectivity index (χ1) is 15.4. The summed E-state index contributed by atoms with van der Waals surface area (Å²) < 4.78 is 19.6. The van der Waals surface area contributed by atoms with Gasteiger partial charge in [-0.25, -0.2) is 14.2 Å². The van der Waals surface area contributed by atoms with E-state index in [1.807, 2.05) is 46.8 Å². The molecule has 0 unspecified atom stereocenters. The Kier molecular flexibility index (Phi) is 10.9. The largest absolute Gasteiger partial charge is 0.417 e. The molecule has 2 N–H and O–H groups in total. The van der Waals surface area contributed by atoms with Gasteiger partial charge in [-0.2, -0.15) is 0 Å². The highest BCUT2D eigenvalue weighted by molar-refractivity contribution is 6.33. The zero-order valence-electron chi connectivity index (χ0n) is 19.1. The van der Waals surface area contributed by atoms with Gasteiger partial charge >= 0.3 is 6.09 Å². The number of H-pyrrole nitrogens is 1. The molecule has 0 atom stereocenters. The van der Waals surface area contributed by atoms with Crippen LogP contribution in [0.25, 0.3) is 22.2 Å². The van der Waals surface area contributed by atoms with Gasteiger partial charge in [0.05, 0.1) is 21.7 Å². The van der Waals surface area contributed by atoms with E-state index >= 15 is 0 Å². The number of hydrogen-bond acceptors (Lipinski definition) is 3. The summed E-state index contributed by atoms with van der Waals surface area (Å²) in [6.07, 6.45) is 3.35. The third-order valence-electron chi connectivity index (χ3n) is 3.90. The fourth-order valence-corrected chi connectivity index (χ4v) is 2.94. The predicted molar refractivity (Wildman–Crippen MR) is 133 cm³/mol. The number of rotatable bonds is 5. The van der Waals surface area contributed by atoms with Crippen molar-refractivity contribution in [2.24, 2.45) is 0 Å². The van der Waals surface area contributed by atoms with Gasteiger partial charge in [0.25, 0.3) is 0 Å². The minimum Gasteiger partial charge on any atom is -0.410 e. The van der Waals surface area contributed by atoms with Gasteiger partial charge in [-0.05, 0) is 48.9 Å². The number of benzene rings is 2. The summed E-state index contributed by atoms with van der Waals surface area (Å²) in [5.74, 6) is 0.316. The molecule has 0 saturated heterocycles. The number of nitrogens with one attached hydrogen (secondary N) is 2. The van der Waals surface area contributed by atoms with Crippen LogP contribution >= 0.6 is 11.6 Å². The molecular weight excluding hydrogens is 429 g/mol. The summed E-state index contributed by atoms with van der Waals surface area (Å²) in [4.78, 5) is 19.4. The van der Waals surface area contributed by atoms with E-state index in [1.165, 1.54) is 30.4 Å². The Labute approximate surface area is 193 Å². The second kappa shape index (κ2) is 13.1. The molecule has 2 aromatic carbocycles. The summed E-state index contributed by atoms with van der Waals surface area (Å²) in [7, 11) is 0. The third kappa shape index (κ3) is 6.82. The lowest BCUT2D eigenvalue weighted by Crippen LogP contribution is -2.14. The Hall–Kier alpha value is -3.38. The van der Waals surface area contributed by atoms with Gasteiger partial charge in [0.2, 0.25) is 0 Å². The molecule has 0 spiro atoms. The average Bonchev–Trinajstić information content (AvgIpc) is 3.17.